The van der Waals surface area contributed by atoms with Gasteiger partial charge in [-0.25, -0.2) is 0 Å². The highest BCUT2D eigenvalue weighted by Crippen LogP contribution is 2.16. The van der Waals surface area contributed by atoms with Gasteiger partial charge in [-0.2, -0.15) is 0 Å². The molecule has 0 bridgehead atoms. The smallest absolute Gasteiger partial charge is 0.239 e. The first-order valence-corrected chi connectivity index (χ1v) is 5.48. The fourth-order valence-corrected chi connectivity index (χ4v) is 0.960. The average Bonchev–Trinajstić information content (AvgIpc) is 2.12. The van der Waals surface area contributed by atoms with E-state index < -0.39 is 0 Å². The fraction of sp³-hybridized carbons (Fsp3) is 0.800. The summed E-state index contributed by atoms with van der Waals surface area (Å²) in [5.74, 6) is -0.629. The van der Waals surface area contributed by atoms with Crippen LogP contribution in [-0.2, 0) is 9.59 Å². The van der Waals surface area contributed by atoms with Gasteiger partial charge in [-0.05, 0) is 11.8 Å². The largest absolute Gasteiger partial charge is 0.355 e. The van der Waals surface area contributed by atoms with Gasteiger partial charge in [0.1, 0.15) is 5.88 Å². The lowest BCUT2D eigenvalue weighted by Crippen LogP contribution is -2.38. The number of carbonyl (C=O) groups is 2. The second kappa shape index (κ2) is 6.67. The molecule has 0 atom stereocenters. The van der Waals surface area contributed by atoms with Gasteiger partial charge in [-0.1, -0.05) is 20.8 Å². The number of carbonyl (C=O) groups excluding carboxylic acids is 2. The van der Waals surface area contributed by atoms with Gasteiger partial charge in [-0.3, -0.25) is 9.59 Å². The standard InChI is InChI=1S/C10H19ClN2O2/c1-10(2,3)4-5-12-9(15)7-13-8(14)6-11/h4-7H2,1-3H3,(H,12,15)(H,13,14). The maximum atomic E-state index is 11.2. The normalized spacial score (nSPS) is 10.9. The molecule has 0 saturated carbocycles. The quantitative estimate of drug-likeness (QED) is 0.695. The van der Waals surface area contributed by atoms with Crippen molar-refractivity contribution in [2.75, 3.05) is 19.0 Å². The van der Waals surface area contributed by atoms with Crippen molar-refractivity contribution in [1.82, 2.24) is 10.6 Å². The molecule has 5 heteroatoms. The summed E-state index contributed by atoms with van der Waals surface area (Å²) in [4.78, 5) is 21.9. The summed E-state index contributed by atoms with van der Waals surface area (Å²) in [6.07, 6.45) is 0.905. The Morgan fingerprint density at radius 3 is 2.20 bits per heavy atom. The molecule has 0 aliphatic carbocycles. The lowest BCUT2D eigenvalue weighted by molar-refractivity contribution is -0.124. The molecule has 2 N–H and O–H groups in total. The van der Waals surface area contributed by atoms with Gasteiger partial charge in [0.15, 0.2) is 0 Å². The average molecular weight is 235 g/mol. The van der Waals surface area contributed by atoms with E-state index >= 15 is 0 Å². The summed E-state index contributed by atoms with van der Waals surface area (Å²) in [6, 6.07) is 0. The first kappa shape index (κ1) is 14.2. The third-order valence-corrected chi connectivity index (χ3v) is 2.01. The number of hydrogen-bond donors (Lipinski definition) is 2. The van der Waals surface area contributed by atoms with Crippen molar-refractivity contribution in [3.63, 3.8) is 0 Å². The van der Waals surface area contributed by atoms with Crippen LogP contribution in [0.3, 0.4) is 0 Å². The molecule has 0 aromatic rings. The first-order valence-electron chi connectivity index (χ1n) is 4.94. The fourth-order valence-electron chi connectivity index (χ4n) is 0.866. The highest BCUT2D eigenvalue weighted by Gasteiger charge is 2.10. The summed E-state index contributed by atoms with van der Waals surface area (Å²) in [7, 11) is 0. The van der Waals surface area contributed by atoms with Gasteiger partial charge in [-0.15, -0.1) is 11.6 Å². The molecule has 0 aliphatic rings. The van der Waals surface area contributed by atoms with Crippen LogP contribution in [0.5, 0.6) is 0 Å². The number of nitrogens with one attached hydrogen (secondary N) is 2. The monoisotopic (exact) mass is 234 g/mol. The van der Waals surface area contributed by atoms with Crippen LogP contribution in [0.2, 0.25) is 0 Å². The second-order valence-corrected chi connectivity index (χ2v) is 4.84. The highest BCUT2D eigenvalue weighted by atomic mass is 35.5. The van der Waals surface area contributed by atoms with Crippen LogP contribution in [0.15, 0.2) is 0 Å². The number of hydrogen-bond acceptors (Lipinski definition) is 2. The van der Waals surface area contributed by atoms with Crippen LogP contribution < -0.4 is 10.6 Å². The molecule has 0 fully saturated rings. The Bertz CT molecular complexity index is 224. The van der Waals surface area contributed by atoms with E-state index in [0.717, 1.165) is 6.42 Å². The van der Waals surface area contributed by atoms with Crippen LogP contribution in [-0.4, -0.2) is 30.8 Å². The Morgan fingerprint density at radius 1 is 1.13 bits per heavy atom. The number of alkyl halides is 1. The van der Waals surface area contributed by atoms with Crippen LogP contribution in [0.4, 0.5) is 0 Å². The van der Waals surface area contributed by atoms with Crippen LogP contribution in [0.1, 0.15) is 27.2 Å². The Morgan fingerprint density at radius 2 is 1.73 bits per heavy atom. The molecule has 0 unspecified atom stereocenters. The lowest BCUT2D eigenvalue weighted by atomic mass is 9.92. The molecule has 0 radical (unpaired) electrons. The van der Waals surface area contributed by atoms with E-state index in [9.17, 15) is 9.59 Å². The zero-order chi connectivity index (χ0) is 11.9. The predicted molar refractivity (Wildman–Crippen MR) is 60.8 cm³/mol. The zero-order valence-electron chi connectivity index (χ0n) is 9.52. The van der Waals surface area contributed by atoms with Crippen molar-refractivity contribution < 1.29 is 9.59 Å². The Labute approximate surface area is 95.7 Å². The minimum atomic E-state index is -0.331. The summed E-state index contributed by atoms with van der Waals surface area (Å²) in [5.41, 5.74) is 0.201. The molecule has 88 valence electrons. The van der Waals surface area contributed by atoms with E-state index in [2.05, 4.69) is 31.4 Å². The Kier molecular flexibility index (Phi) is 6.32. The third-order valence-electron chi connectivity index (χ3n) is 1.76. The Hall–Kier alpha value is -0.770. The molecular formula is C10H19ClN2O2. The molecule has 15 heavy (non-hydrogen) atoms. The van der Waals surface area contributed by atoms with Crippen LogP contribution in [0.25, 0.3) is 0 Å². The molecule has 0 spiro atoms. The minimum Gasteiger partial charge on any atom is -0.355 e. The van der Waals surface area contributed by atoms with E-state index in [1.807, 2.05) is 0 Å². The van der Waals surface area contributed by atoms with E-state index in [-0.39, 0.29) is 29.7 Å². The van der Waals surface area contributed by atoms with Gasteiger partial charge in [0.25, 0.3) is 0 Å². The molecule has 0 rings (SSSR count). The minimum absolute atomic E-state index is 0.00427. The molecular weight excluding hydrogens is 216 g/mol. The van der Waals surface area contributed by atoms with E-state index in [0.29, 0.717) is 6.54 Å². The van der Waals surface area contributed by atoms with Crippen molar-refractivity contribution in [3.05, 3.63) is 0 Å². The van der Waals surface area contributed by atoms with E-state index in [1.165, 1.54) is 0 Å². The topological polar surface area (TPSA) is 58.2 Å². The Balaban J connectivity index is 3.54. The van der Waals surface area contributed by atoms with Crippen molar-refractivity contribution in [3.8, 4) is 0 Å². The maximum absolute atomic E-state index is 11.2. The molecule has 0 aromatic heterocycles. The predicted octanol–water partition coefficient (Wildman–Crippen LogP) is 0.894. The van der Waals surface area contributed by atoms with Crippen LogP contribution in [0, 0.1) is 5.41 Å². The number of amides is 2. The molecule has 0 saturated heterocycles. The molecule has 0 heterocycles. The maximum Gasteiger partial charge on any atom is 0.239 e. The number of halogens is 1. The highest BCUT2D eigenvalue weighted by molar-refractivity contribution is 6.27. The second-order valence-electron chi connectivity index (χ2n) is 4.57. The third kappa shape index (κ3) is 9.53. The SMILES string of the molecule is CC(C)(C)CCNC(=O)CNC(=O)CCl. The molecule has 0 aromatic carbocycles. The van der Waals surface area contributed by atoms with Crippen molar-refractivity contribution in [1.29, 1.82) is 0 Å². The molecule has 0 aliphatic heterocycles. The van der Waals surface area contributed by atoms with Gasteiger partial charge in [0, 0.05) is 6.54 Å². The van der Waals surface area contributed by atoms with Gasteiger partial charge in [0.05, 0.1) is 6.54 Å². The van der Waals surface area contributed by atoms with Gasteiger partial charge >= 0.3 is 0 Å². The summed E-state index contributed by atoms with van der Waals surface area (Å²) < 4.78 is 0. The van der Waals surface area contributed by atoms with Crippen molar-refractivity contribution in [2.45, 2.75) is 27.2 Å². The van der Waals surface area contributed by atoms with Gasteiger partial charge < -0.3 is 10.6 Å². The van der Waals surface area contributed by atoms with E-state index in [4.69, 9.17) is 11.6 Å². The summed E-state index contributed by atoms with van der Waals surface area (Å²) >= 11 is 5.26. The van der Waals surface area contributed by atoms with Crippen molar-refractivity contribution in [2.24, 2.45) is 5.41 Å². The van der Waals surface area contributed by atoms with Crippen LogP contribution >= 0.6 is 11.6 Å². The first-order chi connectivity index (χ1) is 6.85. The molecule has 2 amide bonds. The summed E-state index contributed by atoms with van der Waals surface area (Å²) in [5, 5.41) is 5.12. The zero-order valence-corrected chi connectivity index (χ0v) is 10.3. The van der Waals surface area contributed by atoms with Gasteiger partial charge in [0.2, 0.25) is 11.8 Å². The lowest BCUT2D eigenvalue weighted by Gasteiger charge is -2.17. The van der Waals surface area contributed by atoms with E-state index in [1.54, 1.807) is 0 Å². The number of rotatable bonds is 5. The molecule has 4 nitrogen and oxygen atoms in total. The summed E-state index contributed by atoms with van der Waals surface area (Å²) in [6.45, 7) is 6.94. The van der Waals surface area contributed by atoms with Crippen molar-refractivity contribution >= 4 is 23.4 Å².